The first-order valence-corrected chi connectivity index (χ1v) is 5.07. The average Bonchev–Trinajstić information content (AvgIpc) is 2.17. The first kappa shape index (κ1) is 8.48. The lowest BCUT2D eigenvalue weighted by Gasteiger charge is -2.29. The van der Waals surface area contributed by atoms with E-state index >= 15 is 0 Å². The summed E-state index contributed by atoms with van der Waals surface area (Å²) in [6, 6.07) is 12.3. The largest absolute Gasteiger partial charge is 0.369 e. The predicted octanol–water partition coefficient (Wildman–Crippen LogP) is 1.96. The molecule has 0 heterocycles. The van der Waals surface area contributed by atoms with Crippen LogP contribution in [0.2, 0.25) is 0 Å². The molecule has 1 aliphatic rings. The third-order valence-corrected chi connectivity index (χ3v) is 3.20. The quantitative estimate of drug-likeness (QED) is 0.746. The molecule has 2 N–H and O–H groups in total. The molecule has 74 valence electrons. The van der Waals surface area contributed by atoms with Crippen molar-refractivity contribution >= 4 is 16.7 Å². The van der Waals surface area contributed by atoms with Gasteiger partial charge >= 0.3 is 0 Å². The summed E-state index contributed by atoms with van der Waals surface area (Å²) in [6.45, 7) is 0. The van der Waals surface area contributed by atoms with Gasteiger partial charge in [0.05, 0.1) is 5.92 Å². The smallest absolute Gasteiger partial charge is 0.225 e. The number of carbonyl (C=O) groups excluding carboxylic acids is 1. The summed E-state index contributed by atoms with van der Waals surface area (Å²) in [4.78, 5) is 11.1. The summed E-state index contributed by atoms with van der Waals surface area (Å²) in [5.41, 5.74) is 7.72. The highest BCUT2D eigenvalue weighted by Crippen LogP contribution is 2.39. The van der Waals surface area contributed by atoms with Crippen LogP contribution in [0, 0.1) is 0 Å². The van der Waals surface area contributed by atoms with Gasteiger partial charge in [-0.05, 0) is 28.3 Å². The van der Waals surface area contributed by atoms with Crippen LogP contribution in [0.15, 0.2) is 36.4 Å². The fourth-order valence-electron chi connectivity index (χ4n) is 2.34. The molecule has 0 saturated heterocycles. The van der Waals surface area contributed by atoms with Crippen LogP contribution < -0.4 is 5.73 Å². The van der Waals surface area contributed by atoms with E-state index in [0.717, 1.165) is 12.0 Å². The Balaban J connectivity index is 2.23. The van der Waals surface area contributed by atoms with Gasteiger partial charge in [0.15, 0.2) is 0 Å². The minimum absolute atomic E-state index is 0.0652. The standard InChI is InChI=1S/C13H11NO/c14-13(15)12-7-11-9-4-2-1-3-8(9)5-6-10(11)12/h1-6,12H,7H2,(H2,14,15). The topological polar surface area (TPSA) is 43.1 Å². The van der Waals surface area contributed by atoms with Gasteiger partial charge in [-0.2, -0.15) is 0 Å². The Bertz CT molecular complexity index is 559. The number of primary amides is 1. The maximum Gasteiger partial charge on any atom is 0.225 e. The molecule has 0 aromatic heterocycles. The zero-order chi connectivity index (χ0) is 10.4. The summed E-state index contributed by atoms with van der Waals surface area (Å²) in [5.74, 6) is -0.276. The van der Waals surface area contributed by atoms with Gasteiger partial charge in [0, 0.05) is 0 Å². The number of hydrogen-bond donors (Lipinski definition) is 1. The fraction of sp³-hybridized carbons (Fsp3) is 0.154. The zero-order valence-corrected chi connectivity index (χ0v) is 8.23. The second-order valence-corrected chi connectivity index (χ2v) is 4.01. The van der Waals surface area contributed by atoms with E-state index in [1.54, 1.807) is 0 Å². The van der Waals surface area contributed by atoms with Crippen molar-refractivity contribution in [3.05, 3.63) is 47.5 Å². The van der Waals surface area contributed by atoms with Gasteiger partial charge in [-0.3, -0.25) is 4.79 Å². The molecule has 1 amide bonds. The van der Waals surface area contributed by atoms with E-state index in [4.69, 9.17) is 5.73 Å². The molecular formula is C13H11NO. The van der Waals surface area contributed by atoms with Gasteiger partial charge in [-0.25, -0.2) is 0 Å². The van der Waals surface area contributed by atoms with E-state index in [1.807, 2.05) is 18.2 Å². The third kappa shape index (κ3) is 1.08. The fourth-order valence-corrected chi connectivity index (χ4v) is 2.34. The van der Waals surface area contributed by atoms with Gasteiger partial charge in [0.2, 0.25) is 5.91 Å². The van der Waals surface area contributed by atoms with Gasteiger partial charge in [-0.15, -0.1) is 0 Å². The lowest BCUT2D eigenvalue weighted by molar-refractivity contribution is -0.119. The Morgan fingerprint density at radius 2 is 2.00 bits per heavy atom. The maximum atomic E-state index is 11.1. The van der Waals surface area contributed by atoms with Crippen LogP contribution >= 0.6 is 0 Å². The number of benzene rings is 2. The van der Waals surface area contributed by atoms with E-state index < -0.39 is 0 Å². The molecule has 1 aliphatic carbocycles. The molecule has 2 aromatic carbocycles. The van der Waals surface area contributed by atoms with Gasteiger partial charge < -0.3 is 5.73 Å². The van der Waals surface area contributed by atoms with Crippen LogP contribution in [0.3, 0.4) is 0 Å². The highest BCUT2D eigenvalue weighted by molar-refractivity contribution is 5.94. The summed E-state index contributed by atoms with van der Waals surface area (Å²) in [7, 11) is 0. The zero-order valence-electron chi connectivity index (χ0n) is 8.23. The summed E-state index contributed by atoms with van der Waals surface area (Å²) >= 11 is 0. The van der Waals surface area contributed by atoms with Crippen molar-refractivity contribution in [1.29, 1.82) is 0 Å². The Morgan fingerprint density at radius 1 is 1.20 bits per heavy atom. The Morgan fingerprint density at radius 3 is 2.80 bits per heavy atom. The van der Waals surface area contributed by atoms with Crippen molar-refractivity contribution < 1.29 is 4.79 Å². The number of amides is 1. The van der Waals surface area contributed by atoms with Crippen LogP contribution in [0.25, 0.3) is 10.8 Å². The van der Waals surface area contributed by atoms with E-state index in [2.05, 4.69) is 18.2 Å². The highest BCUT2D eigenvalue weighted by Gasteiger charge is 2.31. The number of carbonyl (C=O) groups is 1. The van der Waals surface area contributed by atoms with Crippen LogP contribution in [0.4, 0.5) is 0 Å². The maximum absolute atomic E-state index is 11.1. The molecule has 1 atom stereocenters. The number of rotatable bonds is 1. The van der Waals surface area contributed by atoms with Crippen molar-refractivity contribution in [2.24, 2.45) is 5.73 Å². The first-order chi connectivity index (χ1) is 7.27. The van der Waals surface area contributed by atoms with Crippen molar-refractivity contribution in [3.63, 3.8) is 0 Å². The minimum Gasteiger partial charge on any atom is -0.369 e. The van der Waals surface area contributed by atoms with Gasteiger partial charge in [0.25, 0.3) is 0 Å². The van der Waals surface area contributed by atoms with Crippen LogP contribution in [-0.4, -0.2) is 5.91 Å². The molecule has 0 radical (unpaired) electrons. The molecule has 2 heteroatoms. The molecule has 3 rings (SSSR count). The molecule has 2 nitrogen and oxygen atoms in total. The lowest BCUT2D eigenvalue weighted by Crippen LogP contribution is -2.30. The van der Waals surface area contributed by atoms with E-state index in [9.17, 15) is 4.79 Å². The number of nitrogens with two attached hydrogens (primary N) is 1. The van der Waals surface area contributed by atoms with Crippen molar-refractivity contribution in [2.45, 2.75) is 12.3 Å². The van der Waals surface area contributed by atoms with E-state index in [1.165, 1.54) is 16.3 Å². The first-order valence-electron chi connectivity index (χ1n) is 5.07. The lowest BCUT2D eigenvalue weighted by atomic mass is 9.75. The second kappa shape index (κ2) is 2.83. The van der Waals surface area contributed by atoms with Crippen molar-refractivity contribution in [2.75, 3.05) is 0 Å². The van der Waals surface area contributed by atoms with Gasteiger partial charge in [0.1, 0.15) is 0 Å². The van der Waals surface area contributed by atoms with Gasteiger partial charge in [-0.1, -0.05) is 36.4 Å². The predicted molar refractivity (Wildman–Crippen MR) is 59.6 cm³/mol. The highest BCUT2D eigenvalue weighted by atomic mass is 16.1. The van der Waals surface area contributed by atoms with Crippen LogP contribution in [0.1, 0.15) is 17.0 Å². The molecule has 0 spiro atoms. The van der Waals surface area contributed by atoms with Crippen LogP contribution in [-0.2, 0) is 11.2 Å². The third-order valence-electron chi connectivity index (χ3n) is 3.20. The number of fused-ring (bicyclic) bond motifs is 3. The van der Waals surface area contributed by atoms with Crippen molar-refractivity contribution in [3.8, 4) is 0 Å². The van der Waals surface area contributed by atoms with E-state index in [0.29, 0.717) is 0 Å². The van der Waals surface area contributed by atoms with E-state index in [-0.39, 0.29) is 11.8 Å². The molecule has 0 saturated carbocycles. The molecule has 2 aromatic rings. The van der Waals surface area contributed by atoms with Crippen molar-refractivity contribution in [1.82, 2.24) is 0 Å². The summed E-state index contributed by atoms with van der Waals surface area (Å²) in [6.07, 6.45) is 0.798. The molecule has 0 fully saturated rings. The number of hydrogen-bond acceptors (Lipinski definition) is 1. The molecule has 0 aliphatic heterocycles. The summed E-state index contributed by atoms with van der Waals surface area (Å²) in [5, 5.41) is 2.49. The molecule has 15 heavy (non-hydrogen) atoms. The Hall–Kier alpha value is -1.83. The normalized spacial score (nSPS) is 18.3. The Labute approximate surface area is 87.7 Å². The molecule has 1 unspecified atom stereocenters. The average molecular weight is 197 g/mol. The Kier molecular flexibility index (Phi) is 1.60. The SMILES string of the molecule is NC(=O)C1Cc2c1ccc1ccccc21. The van der Waals surface area contributed by atoms with Crippen LogP contribution in [0.5, 0.6) is 0 Å². The summed E-state index contributed by atoms with van der Waals surface area (Å²) < 4.78 is 0. The minimum atomic E-state index is -0.210. The monoisotopic (exact) mass is 197 g/mol. The second-order valence-electron chi connectivity index (χ2n) is 4.01. The molecular weight excluding hydrogens is 186 g/mol. The molecule has 0 bridgehead atoms.